The van der Waals surface area contributed by atoms with Crippen LogP contribution in [0.3, 0.4) is 0 Å². The van der Waals surface area contributed by atoms with E-state index in [1.165, 1.54) is 18.2 Å². The first-order valence-electron chi connectivity index (χ1n) is 7.02. The topological polar surface area (TPSA) is 66.8 Å². The van der Waals surface area contributed by atoms with Gasteiger partial charge >= 0.3 is 12.1 Å². The molecule has 0 aromatic heterocycles. The highest BCUT2D eigenvalue weighted by atomic mass is 19.1. The Balaban J connectivity index is 2.09. The molecule has 1 N–H and O–H groups in total. The number of hydrogen-bond donors (Lipinski definition) is 1. The first-order chi connectivity index (χ1) is 11.1. The lowest BCUT2D eigenvalue weighted by molar-refractivity contribution is -0.136. The van der Waals surface area contributed by atoms with Gasteiger partial charge in [0.2, 0.25) is 0 Å². The average molecular weight is 317 g/mol. The zero-order chi connectivity index (χ0) is 16.7. The van der Waals surface area contributed by atoms with Crippen molar-refractivity contribution in [3.8, 4) is 0 Å². The molecule has 6 heteroatoms. The third kappa shape index (κ3) is 5.10. The minimum absolute atomic E-state index is 0.0541. The van der Waals surface area contributed by atoms with Crippen LogP contribution in [0.15, 0.2) is 54.6 Å². The number of anilines is 1. The molecule has 0 unspecified atom stereocenters. The molecule has 2 aromatic rings. The molecule has 0 heterocycles. The molecule has 0 aliphatic rings. The summed E-state index contributed by atoms with van der Waals surface area (Å²) in [5.74, 6) is -1.57. The monoisotopic (exact) mass is 317 g/mol. The molecule has 0 aliphatic heterocycles. The summed E-state index contributed by atoms with van der Waals surface area (Å²) in [6, 6.07) is 14.5. The van der Waals surface area contributed by atoms with Crippen LogP contribution in [0, 0.1) is 5.82 Å². The maximum atomic E-state index is 13.3. The Bertz CT molecular complexity index is 675. The Morgan fingerprint density at radius 2 is 1.83 bits per heavy atom. The summed E-state index contributed by atoms with van der Waals surface area (Å²) in [6.45, 7) is -0.0506. The summed E-state index contributed by atoms with van der Waals surface area (Å²) in [5, 5.41) is 8.80. The molecule has 5 nitrogen and oxygen atoms in total. The van der Waals surface area contributed by atoms with Crippen LogP contribution < -0.4 is 4.90 Å². The maximum absolute atomic E-state index is 13.3. The Kier molecular flexibility index (Phi) is 5.68. The molecule has 1 amide bonds. The van der Waals surface area contributed by atoms with E-state index in [2.05, 4.69) is 0 Å². The summed E-state index contributed by atoms with van der Waals surface area (Å²) >= 11 is 0. The van der Waals surface area contributed by atoms with E-state index >= 15 is 0 Å². The zero-order valence-corrected chi connectivity index (χ0v) is 12.3. The number of benzene rings is 2. The number of carbonyl (C=O) groups excluding carboxylic acids is 1. The van der Waals surface area contributed by atoms with E-state index in [1.54, 1.807) is 12.1 Å². The van der Waals surface area contributed by atoms with Crippen molar-refractivity contribution in [3.05, 3.63) is 66.0 Å². The highest BCUT2D eigenvalue weighted by Gasteiger charge is 2.19. The normalized spacial score (nSPS) is 10.1. The minimum atomic E-state index is -1.05. The van der Waals surface area contributed by atoms with E-state index in [4.69, 9.17) is 9.84 Å². The lowest BCUT2D eigenvalue weighted by atomic mass is 10.2. The number of carbonyl (C=O) groups is 2. The number of ether oxygens (including phenoxy) is 1. The molecule has 120 valence electrons. The highest BCUT2D eigenvalue weighted by molar-refractivity contribution is 5.88. The van der Waals surface area contributed by atoms with Crippen LogP contribution in [0.1, 0.15) is 12.0 Å². The smallest absolute Gasteiger partial charge is 0.414 e. The second-order valence-corrected chi connectivity index (χ2v) is 4.82. The van der Waals surface area contributed by atoms with Crippen molar-refractivity contribution in [1.29, 1.82) is 0 Å². The lowest BCUT2D eigenvalue weighted by Gasteiger charge is -2.21. The predicted molar refractivity (Wildman–Crippen MR) is 82.6 cm³/mol. The fourth-order valence-electron chi connectivity index (χ4n) is 1.97. The van der Waals surface area contributed by atoms with Crippen LogP contribution in [-0.2, 0) is 16.1 Å². The summed E-state index contributed by atoms with van der Waals surface area (Å²) < 4.78 is 18.5. The predicted octanol–water partition coefficient (Wildman–Crippen LogP) is 3.44. The van der Waals surface area contributed by atoms with Gasteiger partial charge in [-0.1, -0.05) is 36.4 Å². The Morgan fingerprint density at radius 1 is 1.09 bits per heavy atom. The number of amides is 1. The zero-order valence-electron chi connectivity index (χ0n) is 12.3. The van der Waals surface area contributed by atoms with Gasteiger partial charge < -0.3 is 9.84 Å². The van der Waals surface area contributed by atoms with Crippen LogP contribution >= 0.6 is 0 Å². The van der Waals surface area contributed by atoms with E-state index in [1.807, 2.05) is 18.2 Å². The number of halogens is 1. The van der Waals surface area contributed by atoms with E-state index < -0.39 is 17.9 Å². The summed E-state index contributed by atoms with van der Waals surface area (Å²) in [5.41, 5.74) is 1.06. The summed E-state index contributed by atoms with van der Waals surface area (Å²) in [4.78, 5) is 24.1. The third-order valence-corrected chi connectivity index (χ3v) is 3.09. The molecule has 0 saturated carbocycles. The van der Waals surface area contributed by atoms with Crippen molar-refractivity contribution in [2.75, 3.05) is 11.4 Å². The second kappa shape index (κ2) is 7.93. The Labute approximate surface area is 132 Å². The van der Waals surface area contributed by atoms with E-state index in [9.17, 15) is 14.0 Å². The van der Waals surface area contributed by atoms with Crippen molar-refractivity contribution in [2.45, 2.75) is 13.0 Å². The average Bonchev–Trinajstić information content (AvgIpc) is 2.54. The molecule has 0 fully saturated rings. The first kappa shape index (κ1) is 16.5. The van der Waals surface area contributed by atoms with E-state index in [0.29, 0.717) is 0 Å². The largest absolute Gasteiger partial charge is 0.481 e. The van der Waals surface area contributed by atoms with Gasteiger partial charge in [0.1, 0.15) is 12.4 Å². The molecule has 0 atom stereocenters. The number of carboxylic acids is 1. The molecule has 0 spiro atoms. The van der Waals surface area contributed by atoms with Crippen molar-refractivity contribution in [1.82, 2.24) is 0 Å². The summed E-state index contributed by atoms with van der Waals surface area (Å²) in [7, 11) is 0. The van der Waals surface area contributed by atoms with Crippen molar-refractivity contribution >= 4 is 17.7 Å². The second-order valence-electron chi connectivity index (χ2n) is 4.82. The van der Waals surface area contributed by atoms with Gasteiger partial charge in [0.15, 0.2) is 0 Å². The van der Waals surface area contributed by atoms with Crippen LogP contribution in [0.2, 0.25) is 0 Å². The van der Waals surface area contributed by atoms with Crippen LogP contribution in [0.4, 0.5) is 14.9 Å². The third-order valence-electron chi connectivity index (χ3n) is 3.09. The molecular formula is C17H16FNO4. The number of aliphatic carboxylic acids is 1. The SMILES string of the molecule is O=C(O)CCN(C(=O)OCc1ccccc1)c1cccc(F)c1. The summed E-state index contributed by atoms with van der Waals surface area (Å²) in [6.07, 6.45) is -0.988. The molecular weight excluding hydrogens is 301 g/mol. The molecule has 23 heavy (non-hydrogen) atoms. The number of rotatable bonds is 6. The quantitative estimate of drug-likeness (QED) is 0.886. The standard InChI is InChI=1S/C17H16FNO4/c18-14-7-4-8-15(11-14)19(10-9-16(20)21)17(22)23-12-13-5-2-1-3-6-13/h1-8,11H,9-10,12H2,(H,20,21). The molecule has 0 saturated heterocycles. The van der Waals surface area contributed by atoms with Gasteiger partial charge in [0, 0.05) is 12.2 Å². The van der Waals surface area contributed by atoms with Gasteiger partial charge in [-0.25, -0.2) is 9.18 Å². The van der Waals surface area contributed by atoms with Crippen LogP contribution in [0.5, 0.6) is 0 Å². The Morgan fingerprint density at radius 3 is 2.48 bits per heavy atom. The Hall–Kier alpha value is -2.89. The van der Waals surface area contributed by atoms with Gasteiger partial charge in [0.25, 0.3) is 0 Å². The lowest BCUT2D eigenvalue weighted by Crippen LogP contribution is -2.33. The molecule has 2 rings (SSSR count). The fraction of sp³-hybridized carbons (Fsp3) is 0.176. The van der Waals surface area contributed by atoms with Gasteiger partial charge in [-0.05, 0) is 23.8 Å². The molecule has 0 bridgehead atoms. The highest BCUT2D eigenvalue weighted by Crippen LogP contribution is 2.17. The number of hydrogen-bond acceptors (Lipinski definition) is 3. The minimum Gasteiger partial charge on any atom is -0.481 e. The molecule has 2 aromatic carbocycles. The van der Waals surface area contributed by atoms with E-state index in [0.717, 1.165) is 16.5 Å². The molecule has 0 aliphatic carbocycles. The number of nitrogens with zero attached hydrogens (tertiary/aromatic N) is 1. The van der Waals surface area contributed by atoms with Crippen molar-refractivity contribution < 1.29 is 23.8 Å². The van der Waals surface area contributed by atoms with Gasteiger partial charge in [0.05, 0.1) is 6.42 Å². The number of carboxylic acid groups (broad SMARTS) is 1. The fourth-order valence-corrected chi connectivity index (χ4v) is 1.97. The van der Waals surface area contributed by atoms with Gasteiger partial charge in [-0.15, -0.1) is 0 Å². The van der Waals surface area contributed by atoms with Gasteiger partial charge in [-0.3, -0.25) is 9.69 Å². The van der Waals surface area contributed by atoms with E-state index in [-0.39, 0.29) is 25.3 Å². The van der Waals surface area contributed by atoms with Crippen molar-refractivity contribution in [2.24, 2.45) is 0 Å². The van der Waals surface area contributed by atoms with Crippen LogP contribution in [-0.4, -0.2) is 23.7 Å². The van der Waals surface area contributed by atoms with Gasteiger partial charge in [-0.2, -0.15) is 0 Å². The maximum Gasteiger partial charge on any atom is 0.414 e. The van der Waals surface area contributed by atoms with Crippen LogP contribution in [0.25, 0.3) is 0 Å². The first-order valence-corrected chi connectivity index (χ1v) is 7.02. The van der Waals surface area contributed by atoms with Crippen molar-refractivity contribution in [3.63, 3.8) is 0 Å². The molecule has 0 radical (unpaired) electrons.